The Kier molecular flexibility index (Phi) is 7.71. The van der Waals surface area contributed by atoms with Gasteiger partial charge in [0, 0.05) is 22.9 Å². The lowest BCUT2D eigenvalue weighted by molar-refractivity contribution is -0.143. The summed E-state index contributed by atoms with van der Waals surface area (Å²) in [5, 5.41) is 22.8. The molecule has 4 aromatic rings. The fourth-order valence-corrected chi connectivity index (χ4v) is 9.18. The average molecular weight is 708 g/mol. The Labute approximate surface area is 296 Å². The number of fused-ring (bicyclic) bond motifs is 5. The highest BCUT2D eigenvalue weighted by Gasteiger charge is 2.70. The van der Waals surface area contributed by atoms with Gasteiger partial charge < -0.3 is 10.2 Å². The number of carbonyl (C=O) groups is 5. The van der Waals surface area contributed by atoms with Gasteiger partial charge in [-0.15, -0.1) is 0 Å². The monoisotopic (exact) mass is 707 g/mol. The highest BCUT2D eigenvalue weighted by molar-refractivity contribution is 6.30. The molecule has 4 aromatic carbocycles. The zero-order valence-electron chi connectivity index (χ0n) is 27.0. The average Bonchev–Trinajstić information content (AvgIpc) is 3.49. The Balaban J connectivity index is 1.37. The van der Waals surface area contributed by atoms with Crippen molar-refractivity contribution in [3.05, 3.63) is 119 Å². The molecule has 6 unspecified atom stereocenters. The number of imide groups is 2. The quantitative estimate of drug-likeness (QED) is 0.162. The number of aliphatic carboxylic acids is 1. The number of nitrogens with zero attached hydrogens (tertiary/aromatic N) is 2. The highest BCUT2D eigenvalue weighted by atomic mass is 35.5. The molecule has 0 bridgehead atoms. The molecule has 2 aliphatic carbocycles. The van der Waals surface area contributed by atoms with E-state index in [1.165, 1.54) is 24.3 Å². The smallest absolute Gasteiger partial charge is 0.305 e. The van der Waals surface area contributed by atoms with Gasteiger partial charge in [-0.05, 0) is 77.7 Å². The Morgan fingerprint density at radius 3 is 2.29 bits per heavy atom. The Morgan fingerprint density at radius 1 is 0.882 bits per heavy atom. The molecule has 51 heavy (non-hydrogen) atoms. The van der Waals surface area contributed by atoms with Gasteiger partial charge >= 0.3 is 5.97 Å². The van der Waals surface area contributed by atoms with Crippen molar-refractivity contribution < 1.29 is 38.6 Å². The van der Waals surface area contributed by atoms with Gasteiger partial charge in [-0.1, -0.05) is 65.7 Å². The summed E-state index contributed by atoms with van der Waals surface area (Å²) in [6.45, 7) is -0.265. The van der Waals surface area contributed by atoms with Gasteiger partial charge in [-0.25, -0.2) is 4.39 Å². The van der Waals surface area contributed by atoms with E-state index in [1.807, 2.05) is 18.2 Å². The van der Waals surface area contributed by atoms with Gasteiger partial charge in [-0.2, -0.15) is 5.01 Å². The Bertz CT molecular complexity index is 2190. The molecule has 4 aliphatic rings. The summed E-state index contributed by atoms with van der Waals surface area (Å²) >= 11 is 6.36. The summed E-state index contributed by atoms with van der Waals surface area (Å²) < 4.78 is 13.9. The molecule has 0 radical (unpaired) electrons. The van der Waals surface area contributed by atoms with Crippen LogP contribution in [0, 0.1) is 29.5 Å². The lowest BCUT2D eigenvalue weighted by atomic mass is 9.49. The van der Waals surface area contributed by atoms with E-state index in [0.29, 0.717) is 38.2 Å². The van der Waals surface area contributed by atoms with Crippen molar-refractivity contribution in [3.8, 4) is 5.75 Å². The van der Waals surface area contributed by atoms with Gasteiger partial charge in [0.2, 0.25) is 11.8 Å². The molecule has 6 atom stereocenters. The standard InChI is InChI=1S/C39H31ClFN3O7/c40-21-7-5-20(6-8-21)39-30(36(49)44(38(39)51)42-23-11-9-22(41)10-12-23)19-29-27(34(39)26-15-16-31(45)25-4-2-1-3-24(25)26)13-14-28-33(29)37(50)43(35(28)48)18-17-32(46)47/h1-13,15-16,28-30,33-34,42,45H,14,17-19H2,(H,46,47). The Morgan fingerprint density at radius 2 is 1.59 bits per heavy atom. The molecule has 3 N–H and O–H groups in total. The lowest BCUT2D eigenvalue weighted by Crippen LogP contribution is -2.53. The first-order valence-corrected chi connectivity index (χ1v) is 17.0. The summed E-state index contributed by atoms with van der Waals surface area (Å²) in [4.78, 5) is 70.3. The van der Waals surface area contributed by atoms with Crippen LogP contribution < -0.4 is 5.43 Å². The third kappa shape index (κ3) is 4.85. The number of halogens is 2. The molecule has 0 aromatic heterocycles. The van der Waals surface area contributed by atoms with Crippen molar-refractivity contribution >= 4 is 57.7 Å². The molecule has 2 heterocycles. The molecule has 1 saturated carbocycles. The maximum Gasteiger partial charge on any atom is 0.305 e. The van der Waals surface area contributed by atoms with E-state index in [9.17, 15) is 33.8 Å². The molecular weight excluding hydrogens is 677 g/mol. The first-order chi connectivity index (χ1) is 24.5. The number of allylic oxidation sites excluding steroid dienone is 2. The van der Waals surface area contributed by atoms with Gasteiger partial charge in [0.05, 0.1) is 35.3 Å². The predicted molar refractivity (Wildman–Crippen MR) is 184 cm³/mol. The van der Waals surface area contributed by atoms with Crippen LogP contribution in [-0.2, 0) is 29.4 Å². The zero-order valence-corrected chi connectivity index (χ0v) is 27.7. The maximum atomic E-state index is 15.3. The fraction of sp³-hybridized carbons (Fsp3) is 0.256. The van der Waals surface area contributed by atoms with Crippen LogP contribution in [0.3, 0.4) is 0 Å². The molecule has 10 nitrogen and oxygen atoms in total. The number of phenolic OH excluding ortho intramolecular Hbond substituents is 1. The van der Waals surface area contributed by atoms with Gasteiger partial charge in [0.15, 0.2) is 0 Å². The van der Waals surface area contributed by atoms with Gasteiger partial charge in [0.1, 0.15) is 11.6 Å². The van der Waals surface area contributed by atoms with Crippen LogP contribution in [0.5, 0.6) is 5.75 Å². The molecule has 12 heteroatoms. The number of aromatic hydroxyl groups is 1. The number of carbonyl (C=O) groups excluding carboxylic acids is 4. The number of hydrogen-bond acceptors (Lipinski definition) is 7. The summed E-state index contributed by atoms with van der Waals surface area (Å²) in [6.07, 6.45) is 1.73. The molecular formula is C39H31ClFN3O7. The topological polar surface area (TPSA) is 144 Å². The number of anilines is 1. The summed E-state index contributed by atoms with van der Waals surface area (Å²) in [5.74, 6) is -7.86. The van der Waals surface area contributed by atoms with Crippen molar-refractivity contribution in [1.29, 1.82) is 0 Å². The number of rotatable bonds is 7. The number of hydrazine groups is 1. The molecule has 0 spiro atoms. The van der Waals surface area contributed by atoms with Crippen LogP contribution in [-0.4, -0.2) is 56.3 Å². The molecule has 258 valence electrons. The third-order valence-corrected chi connectivity index (χ3v) is 11.4. The number of benzene rings is 4. The van der Waals surface area contributed by atoms with E-state index < -0.39 is 76.8 Å². The van der Waals surface area contributed by atoms with Crippen LogP contribution >= 0.6 is 11.6 Å². The third-order valence-electron chi connectivity index (χ3n) is 11.1. The van der Waals surface area contributed by atoms with Crippen molar-refractivity contribution in [1.82, 2.24) is 9.91 Å². The van der Waals surface area contributed by atoms with Crippen molar-refractivity contribution in [2.24, 2.45) is 23.7 Å². The van der Waals surface area contributed by atoms with E-state index >= 15 is 4.79 Å². The van der Waals surface area contributed by atoms with E-state index in [4.69, 9.17) is 11.6 Å². The first kappa shape index (κ1) is 32.6. The molecule has 2 aliphatic heterocycles. The number of carboxylic acids is 1. The summed E-state index contributed by atoms with van der Waals surface area (Å²) in [5.41, 5.74) is 3.51. The van der Waals surface area contributed by atoms with E-state index in [1.54, 1.807) is 48.5 Å². The molecule has 3 fully saturated rings. The predicted octanol–water partition coefficient (Wildman–Crippen LogP) is 5.80. The largest absolute Gasteiger partial charge is 0.507 e. The van der Waals surface area contributed by atoms with Crippen LogP contribution in [0.4, 0.5) is 10.1 Å². The van der Waals surface area contributed by atoms with Crippen molar-refractivity contribution in [3.63, 3.8) is 0 Å². The van der Waals surface area contributed by atoms with Crippen LogP contribution in [0.15, 0.2) is 96.6 Å². The number of hydrogen-bond donors (Lipinski definition) is 3. The van der Waals surface area contributed by atoms with Crippen LogP contribution in [0.2, 0.25) is 5.02 Å². The van der Waals surface area contributed by atoms with E-state index in [-0.39, 0.29) is 25.1 Å². The second-order valence-corrected chi connectivity index (χ2v) is 14.0. The highest BCUT2D eigenvalue weighted by Crippen LogP contribution is 2.64. The molecule has 4 amide bonds. The number of amides is 4. The van der Waals surface area contributed by atoms with Gasteiger partial charge in [-0.3, -0.25) is 34.3 Å². The number of likely N-dealkylation sites (tertiary alicyclic amines) is 1. The lowest BCUT2D eigenvalue weighted by Gasteiger charge is -2.51. The second kappa shape index (κ2) is 12.1. The molecule has 2 saturated heterocycles. The van der Waals surface area contributed by atoms with Crippen molar-refractivity contribution in [2.45, 2.75) is 30.6 Å². The van der Waals surface area contributed by atoms with Crippen LogP contribution in [0.1, 0.15) is 36.3 Å². The minimum atomic E-state index is -1.59. The SMILES string of the molecule is O=C(O)CCN1C(=O)C2CC=C3C(CC4C(=O)N(Nc5ccc(F)cc5)C(=O)C4(c4ccc(Cl)cc4)C3c3ccc(O)c4ccccc34)C2C1=O. The summed E-state index contributed by atoms with van der Waals surface area (Å²) in [6, 6.07) is 22.5. The van der Waals surface area contributed by atoms with Crippen molar-refractivity contribution in [2.75, 3.05) is 12.0 Å². The minimum Gasteiger partial charge on any atom is -0.507 e. The zero-order chi connectivity index (χ0) is 35.8. The number of carboxylic acid groups (broad SMARTS) is 1. The maximum absolute atomic E-state index is 15.3. The number of nitrogens with one attached hydrogen (secondary N) is 1. The van der Waals surface area contributed by atoms with Gasteiger partial charge in [0.25, 0.3) is 11.8 Å². The van der Waals surface area contributed by atoms with E-state index in [2.05, 4.69) is 5.43 Å². The Hall–Kier alpha value is -5.55. The molecule has 8 rings (SSSR count). The minimum absolute atomic E-state index is 0.0237. The van der Waals surface area contributed by atoms with Crippen LogP contribution in [0.25, 0.3) is 10.8 Å². The summed E-state index contributed by atoms with van der Waals surface area (Å²) in [7, 11) is 0. The first-order valence-electron chi connectivity index (χ1n) is 16.7. The number of phenols is 1. The fourth-order valence-electron chi connectivity index (χ4n) is 9.05. The van der Waals surface area contributed by atoms with E-state index in [0.717, 1.165) is 9.91 Å². The second-order valence-electron chi connectivity index (χ2n) is 13.6. The normalized spacial score (nSPS) is 26.9.